The van der Waals surface area contributed by atoms with Crippen molar-refractivity contribution in [2.24, 2.45) is 0 Å². The van der Waals surface area contributed by atoms with Gasteiger partial charge in [-0.05, 0) is 73.2 Å². The molecule has 1 fully saturated rings. The highest BCUT2D eigenvalue weighted by Crippen LogP contribution is 2.32. The lowest BCUT2D eigenvalue weighted by Gasteiger charge is -2.38. The average Bonchev–Trinajstić information content (AvgIpc) is 3.01. The molecule has 1 aliphatic rings. The molecule has 1 heterocycles. The van der Waals surface area contributed by atoms with Crippen molar-refractivity contribution in [3.05, 3.63) is 113 Å². The average molecular weight is 605 g/mol. The Morgan fingerprint density at radius 2 is 1.55 bits per heavy atom. The Morgan fingerprint density at radius 3 is 2.21 bits per heavy atom. The van der Waals surface area contributed by atoms with E-state index in [0.29, 0.717) is 48.1 Å². The van der Waals surface area contributed by atoms with E-state index in [1.165, 1.54) is 6.07 Å². The maximum absolute atomic E-state index is 13.9. The van der Waals surface area contributed by atoms with Crippen molar-refractivity contribution < 1.29 is 17.9 Å². The Morgan fingerprint density at radius 1 is 0.857 bits per heavy atom. The SMILES string of the molecule is COc1ccc(N2CCN(c3ccc(NC(=O)c4cccc(Cl)c4)cc3S(=O)(=O)NC(C)c3ccccc3)CC2)cc1. The van der Waals surface area contributed by atoms with Gasteiger partial charge in [0.25, 0.3) is 5.91 Å². The molecule has 8 nitrogen and oxygen atoms in total. The van der Waals surface area contributed by atoms with Gasteiger partial charge in [0.2, 0.25) is 10.0 Å². The van der Waals surface area contributed by atoms with Crippen LogP contribution in [0.1, 0.15) is 28.9 Å². The number of hydrogen-bond acceptors (Lipinski definition) is 6. The zero-order valence-electron chi connectivity index (χ0n) is 23.5. The number of methoxy groups -OCH3 is 1. The summed E-state index contributed by atoms with van der Waals surface area (Å²) in [5.74, 6) is 0.416. The van der Waals surface area contributed by atoms with Gasteiger partial charge >= 0.3 is 0 Å². The minimum Gasteiger partial charge on any atom is -0.497 e. The van der Waals surface area contributed by atoms with Crippen LogP contribution in [0.25, 0.3) is 0 Å². The lowest BCUT2D eigenvalue weighted by atomic mass is 10.1. The number of piperazine rings is 1. The van der Waals surface area contributed by atoms with Crippen LogP contribution in [0.15, 0.2) is 102 Å². The first-order chi connectivity index (χ1) is 20.2. The fourth-order valence-electron chi connectivity index (χ4n) is 5.01. The summed E-state index contributed by atoms with van der Waals surface area (Å²) in [6, 6.07) is 28.5. The van der Waals surface area contributed by atoms with Crippen molar-refractivity contribution in [2.45, 2.75) is 17.9 Å². The molecule has 0 bridgehead atoms. The minimum absolute atomic E-state index is 0.104. The second-order valence-electron chi connectivity index (χ2n) is 10.1. The van der Waals surface area contributed by atoms with E-state index in [-0.39, 0.29) is 10.8 Å². The molecule has 4 aromatic carbocycles. The lowest BCUT2D eigenvalue weighted by molar-refractivity contribution is 0.102. The number of anilines is 3. The van der Waals surface area contributed by atoms with E-state index in [0.717, 1.165) is 17.0 Å². The zero-order chi connectivity index (χ0) is 29.7. The number of nitrogens with one attached hydrogen (secondary N) is 2. The van der Waals surface area contributed by atoms with Crippen LogP contribution in [-0.4, -0.2) is 47.6 Å². The molecular formula is C32H33ClN4O4S. The van der Waals surface area contributed by atoms with E-state index in [1.54, 1.807) is 43.5 Å². The molecule has 1 atom stereocenters. The van der Waals surface area contributed by atoms with Crippen LogP contribution >= 0.6 is 11.6 Å². The molecule has 0 aliphatic carbocycles. The maximum atomic E-state index is 13.9. The van der Waals surface area contributed by atoms with Gasteiger partial charge in [0, 0.05) is 54.2 Å². The van der Waals surface area contributed by atoms with E-state index >= 15 is 0 Å². The van der Waals surface area contributed by atoms with Gasteiger partial charge in [-0.1, -0.05) is 48.0 Å². The molecule has 218 valence electrons. The summed E-state index contributed by atoms with van der Waals surface area (Å²) in [4.78, 5) is 17.4. The van der Waals surface area contributed by atoms with Gasteiger partial charge in [0.15, 0.2) is 0 Å². The van der Waals surface area contributed by atoms with Crippen molar-refractivity contribution in [2.75, 3.05) is 48.4 Å². The molecule has 0 radical (unpaired) electrons. The van der Waals surface area contributed by atoms with Crippen LogP contribution < -0.4 is 24.6 Å². The molecule has 2 N–H and O–H groups in total. The van der Waals surface area contributed by atoms with E-state index in [1.807, 2.05) is 61.5 Å². The van der Waals surface area contributed by atoms with Crippen LogP contribution in [0.4, 0.5) is 17.1 Å². The van der Waals surface area contributed by atoms with Gasteiger partial charge in [-0.15, -0.1) is 0 Å². The fraction of sp³-hybridized carbons (Fsp3) is 0.219. The number of amides is 1. The van der Waals surface area contributed by atoms with Crippen LogP contribution in [0.5, 0.6) is 5.75 Å². The summed E-state index contributed by atoms with van der Waals surface area (Å²) in [7, 11) is -2.34. The largest absolute Gasteiger partial charge is 0.497 e. The van der Waals surface area contributed by atoms with Crippen LogP contribution in [0.3, 0.4) is 0 Å². The van der Waals surface area contributed by atoms with Gasteiger partial charge in [-0.25, -0.2) is 13.1 Å². The van der Waals surface area contributed by atoms with Crippen LogP contribution in [0, 0.1) is 0 Å². The smallest absolute Gasteiger partial charge is 0.255 e. The number of sulfonamides is 1. The predicted octanol–water partition coefficient (Wildman–Crippen LogP) is 5.97. The number of benzene rings is 4. The highest BCUT2D eigenvalue weighted by Gasteiger charge is 2.27. The number of ether oxygens (including phenoxy) is 1. The Bertz CT molecular complexity index is 1640. The lowest BCUT2D eigenvalue weighted by Crippen LogP contribution is -2.47. The molecule has 1 saturated heterocycles. The Kier molecular flexibility index (Phi) is 9.01. The monoisotopic (exact) mass is 604 g/mol. The third-order valence-corrected chi connectivity index (χ3v) is 9.09. The van der Waals surface area contributed by atoms with Crippen LogP contribution in [-0.2, 0) is 10.0 Å². The first-order valence-electron chi connectivity index (χ1n) is 13.7. The van der Waals surface area contributed by atoms with Gasteiger partial charge in [-0.3, -0.25) is 4.79 Å². The molecular weight excluding hydrogens is 572 g/mol. The third kappa shape index (κ3) is 6.87. The molecule has 10 heteroatoms. The molecule has 42 heavy (non-hydrogen) atoms. The first kappa shape index (κ1) is 29.4. The summed E-state index contributed by atoms with van der Waals surface area (Å²) in [6.07, 6.45) is 0. The molecule has 1 amide bonds. The number of carbonyl (C=O) groups is 1. The minimum atomic E-state index is -3.98. The van der Waals surface area contributed by atoms with Gasteiger partial charge in [-0.2, -0.15) is 0 Å². The van der Waals surface area contributed by atoms with Gasteiger partial charge in [0.05, 0.1) is 12.8 Å². The van der Waals surface area contributed by atoms with Gasteiger partial charge in [0.1, 0.15) is 10.6 Å². The summed E-state index contributed by atoms with van der Waals surface area (Å²) < 4.78 is 35.9. The molecule has 0 spiro atoms. The van der Waals surface area contributed by atoms with E-state index in [2.05, 4.69) is 19.8 Å². The molecule has 0 aromatic heterocycles. The van der Waals surface area contributed by atoms with Gasteiger partial charge < -0.3 is 19.9 Å². The summed E-state index contributed by atoms with van der Waals surface area (Å²) in [5.41, 5.74) is 3.26. The van der Waals surface area contributed by atoms with Crippen molar-refractivity contribution in [3.8, 4) is 5.75 Å². The molecule has 1 aliphatic heterocycles. The standard InChI is InChI=1S/C32H33ClN4O4S/c1-23(24-7-4-3-5-8-24)35-42(39,40)31-22-27(34-32(38)25-9-6-10-26(33)21-25)11-16-30(31)37-19-17-36(18-20-37)28-12-14-29(41-2)15-13-28/h3-16,21-23,35H,17-20H2,1-2H3,(H,34,38). The summed E-state index contributed by atoms with van der Waals surface area (Å²) >= 11 is 6.06. The highest BCUT2D eigenvalue weighted by atomic mass is 35.5. The van der Waals surface area contributed by atoms with Crippen molar-refractivity contribution in [3.63, 3.8) is 0 Å². The summed E-state index contributed by atoms with van der Waals surface area (Å²) in [5, 5.41) is 3.26. The number of nitrogens with zero attached hydrogens (tertiary/aromatic N) is 2. The number of rotatable bonds is 9. The Labute approximate surface area is 251 Å². The fourth-order valence-corrected chi connectivity index (χ4v) is 6.68. The third-order valence-electron chi connectivity index (χ3n) is 7.28. The number of hydrogen-bond donors (Lipinski definition) is 2. The Hall–Kier alpha value is -4.05. The normalized spacial score (nSPS) is 14.4. The van der Waals surface area contributed by atoms with E-state index < -0.39 is 16.1 Å². The molecule has 4 aromatic rings. The predicted molar refractivity (Wildman–Crippen MR) is 168 cm³/mol. The van der Waals surface area contributed by atoms with Crippen molar-refractivity contribution >= 4 is 44.6 Å². The molecule has 0 saturated carbocycles. The van der Waals surface area contributed by atoms with Crippen LogP contribution in [0.2, 0.25) is 5.02 Å². The molecule has 1 unspecified atom stereocenters. The van der Waals surface area contributed by atoms with Crippen molar-refractivity contribution in [1.29, 1.82) is 0 Å². The second-order valence-corrected chi connectivity index (χ2v) is 12.2. The number of carbonyl (C=O) groups excluding carboxylic acids is 1. The highest BCUT2D eigenvalue weighted by molar-refractivity contribution is 7.89. The summed E-state index contributed by atoms with van der Waals surface area (Å²) in [6.45, 7) is 4.48. The first-order valence-corrected chi connectivity index (χ1v) is 15.5. The quantitative estimate of drug-likeness (QED) is 0.245. The second kappa shape index (κ2) is 12.9. The van der Waals surface area contributed by atoms with E-state index in [4.69, 9.17) is 16.3 Å². The molecule has 5 rings (SSSR count). The zero-order valence-corrected chi connectivity index (χ0v) is 25.0. The van der Waals surface area contributed by atoms with E-state index in [9.17, 15) is 13.2 Å². The topological polar surface area (TPSA) is 91.0 Å². The Balaban J connectivity index is 1.41. The van der Waals surface area contributed by atoms with Crippen molar-refractivity contribution in [1.82, 2.24) is 4.72 Å². The number of halogens is 1. The maximum Gasteiger partial charge on any atom is 0.255 e.